The molecule has 1 N–H and O–H groups in total. The lowest BCUT2D eigenvalue weighted by Crippen LogP contribution is -2.24. The zero-order valence-electron chi connectivity index (χ0n) is 12.7. The summed E-state index contributed by atoms with van der Waals surface area (Å²) in [6.45, 7) is 7.85. The van der Waals surface area contributed by atoms with Crippen LogP contribution in [-0.2, 0) is 12.5 Å². The normalized spacial score (nSPS) is 17.1. The molecule has 0 atom stereocenters. The van der Waals surface area contributed by atoms with E-state index in [0.29, 0.717) is 5.41 Å². The number of aromatic nitrogens is 1. The van der Waals surface area contributed by atoms with Gasteiger partial charge in [0.1, 0.15) is 0 Å². The number of aryl methyl sites for hydroxylation is 3. The molecule has 0 amide bonds. The molecule has 102 valence electrons. The Kier molecular flexibility index (Phi) is 2.75. The van der Waals surface area contributed by atoms with Crippen LogP contribution in [0.25, 0.3) is 10.9 Å². The topological polar surface area (TPSA) is 17.0 Å². The van der Waals surface area contributed by atoms with Gasteiger partial charge >= 0.3 is 0 Å². The van der Waals surface area contributed by atoms with Gasteiger partial charge in [0, 0.05) is 30.1 Å². The van der Waals surface area contributed by atoms with Crippen molar-refractivity contribution in [2.24, 2.45) is 7.05 Å². The van der Waals surface area contributed by atoms with Gasteiger partial charge in [-0.1, -0.05) is 12.1 Å². The smallest absolute Gasteiger partial charge is 0.0515 e. The third-order valence-corrected chi connectivity index (χ3v) is 4.94. The zero-order valence-corrected chi connectivity index (χ0v) is 12.7. The molecule has 0 spiro atoms. The maximum absolute atomic E-state index is 3.39. The van der Waals surface area contributed by atoms with Crippen LogP contribution in [0.5, 0.6) is 0 Å². The van der Waals surface area contributed by atoms with E-state index in [1.54, 1.807) is 5.56 Å². The molecule has 1 aromatic carbocycles. The fourth-order valence-electron chi connectivity index (χ4n) is 3.71. The van der Waals surface area contributed by atoms with Crippen molar-refractivity contribution in [3.8, 4) is 0 Å². The van der Waals surface area contributed by atoms with Gasteiger partial charge in [-0.05, 0) is 57.4 Å². The highest BCUT2D eigenvalue weighted by Gasteiger charge is 2.46. The van der Waals surface area contributed by atoms with Crippen LogP contribution in [0.4, 0.5) is 0 Å². The van der Waals surface area contributed by atoms with Gasteiger partial charge in [0.25, 0.3) is 0 Å². The number of rotatable bonds is 3. The molecule has 19 heavy (non-hydrogen) atoms. The van der Waals surface area contributed by atoms with E-state index >= 15 is 0 Å². The highest BCUT2D eigenvalue weighted by Crippen LogP contribution is 2.52. The van der Waals surface area contributed by atoms with Crippen LogP contribution in [0.2, 0.25) is 0 Å². The molecule has 1 aliphatic rings. The first-order valence-corrected chi connectivity index (χ1v) is 7.22. The summed E-state index contributed by atoms with van der Waals surface area (Å²) in [6.07, 6.45) is 2.64. The number of nitrogens with one attached hydrogen (secondary N) is 1. The minimum absolute atomic E-state index is 0.386. The highest BCUT2D eigenvalue weighted by atomic mass is 15.0. The first kappa shape index (κ1) is 12.7. The van der Waals surface area contributed by atoms with E-state index in [1.165, 1.54) is 40.6 Å². The minimum atomic E-state index is 0.386. The highest BCUT2D eigenvalue weighted by molar-refractivity contribution is 5.92. The molecule has 0 unspecified atom stereocenters. The first-order valence-electron chi connectivity index (χ1n) is 7.22. The van der Waals surface area contributed by atoms with Gasteiger partial charge in [0.05, 0.1) is 5.52 Å². The predicted octanol–water partition coefficient (Wildman–Crippen LogP) is 3.35. The lowest BCUT2D eigenvalue weighted by atomic mass is 9.90. The summed E-state index contributed by atoms with van der Waals surface area (Å²) >= 11 is 0. The van der Waals surface area contributed by atoms with Crippen LogP contribution in [0.3, 0.4) is 0 Å². The summed E-state index contributed by atoms with van der Waals surface area (Å²) in [5, 5.41) is 4.90. The van der Waals surface area contributed by atoms with Crippen LogP contribution in [-0.4, -0.2) is 18.2 Å². The molecule has 1 aromatic heterocycles. The van der Waals surface area contributed by atoms with Crippen molar-refractivity contribution >= 4 is 10.9 Å². The van der Waals surface area contributed by atoms with E-state index in [1.807, 2.05) is 0 Å². The monoisotopic (exact) mass is 256 g/mol. The van der Waals surface area contributed by atoms with Gasteiger partial charge in [0.2, 0.25) is 0 Å². The molecule has 0 aliphatic heterocycles. The van der Waals surface area contributed by atoms with Crippen LogP contribution in [0, 0.1) is 20.8 Å². The average Bonchev–Trinajstić information content (AvgIpc) is 3.08. The Bertz CT molecular complexity index is 645. The zero-order chi connectivity index (χ0) is 13.8. The summed E-state index contributed by atoms with van der Waals surface area (Å²) in [5.41, 5.74) is 7.66. The van der Waals surface area contributed by atoms with E-state index < -0.39 is 0 Å². The van der Waals surface area contributed by atoms with Crippen LogP contribution in [0.1, 0.15) is 35.2 Å². The molecule has 0 bridgehead atoms. The number of hydrogen-bond acceptors (Lipinski definition) is 1. The maximum Gasteiger partial charge on any atom is 0.0515 e. The summed E-state index contributed by atoms with van der Waals surface area (Å²) in [6, 6.07) is 4.52. The van der Waals surface area contributed by atoms with Gasteiger partial charge in [-0.2, -0.15) is 0 Å². The largest absolute Gasteiger partial charge is 0.347 e. The Balaban J connectivity index is 2.37. The second-order valence-electron chi connectivity index (χ2n) is 6.25. The Morgan fingerprint density at radius 1 is 1.16 bits per heavy atom. The van der Waals surface area contributed by atoms with Crippen LogP contribution >= 0.6 is 0 Å². The molecule has 0 saturated heterocycles. The molecule has 0 radical (unpaired) electrons. The second-order valence-corrected chi connectivity index (χ2v) is 6.25. The number of fused-ring (bicyclic) bond motifs is 1. The average molecular weight is 256 g/mol. The van der Waals surface area contributed by atoms with Crippen molar-refractivity contribution in [1.29, 1.82) is 0 Å². The van der Waals surface area contributed by atoms with Crippen molar-refractivity contribution < 1.29 is 0 Å². The Morgan fingerprint density at radius 3 is 2.37 bits per heavy atom. The summed E-state index contributed by atoms with van der Waals surface area (Å²) < 4.78 is 2.39. The van der Waals surface area contributed by atoms with Crippen molar-refractivity contribution in [3.05, 3.63) is 34.5 Å². The summed E-state index contributed by atoms with van der Waals surface area (Å²) in [5.74, 6) is 0. The van der Waals surface area contributed by atoms with E-state index in [-0.39, 0.29) is 0 Å². The lowest BCUT2D eigenvalue weighted by Gasteiger charge is -2.16. The molecule has 2 nitrogen and oxygen atoms in total. The third kappa shape index (κ3) is 1.66. The number of nitrogens with zero attached hydrogens (tertiary/aromatic N) is 1. The van der Waals surface area contributed by atoms with Gasteiger partial charge in [-0.3, -0.25) is 0 Å². The molecular formula is C17H24N2. The molecular weight excluding hydrogens is 232 g/mol. The second kappa shape index (κ2) is 4.11. The number of hydrogen-bond donors (Lipinski definition) is 1. The van der Waals surface area contributed by atoms with Crippen molar-refractivity contribution in [2.45, 2.75) is 39.0 Å². The fraction of sp³-hybridized carbons (Fsp3) is 0.529. The molecule has 2 heteroatoms. The van der Waals surface area contributed by atoms with E-state index in [4.69, 9.17) is 0 Å². The third-order valence-electron chi connectivity index (χ3n) is 4.94. The van der Waals surface area contributed by atoms with Crippen molar-refractivity contribution in [1.82, 2.24) is 9.88 Å². The SMILES string of the molecule is CNCC1(c2c(C)n(C)c3c(C)ccc(C)c23)CC1. The van der Waals surface area contributed by atoms with E-state index in [0.717, 1.165) is 6.54 Å². The maximum atomic E-state index is 3.39. The molecule has 1 saturated carbocycles. The molecule has 3 rings (SSSR count). The molecule has 1 fully saturated rings. The summed E-state index contributed by atoms with van der Waals surface area (Å²) in [4.78, 5) is 0. The van der Waals surface area contributed by atoms with Gasteiger partial charge < -0.3 is 9.88 Å². The predicted molar refractivity (Wildman–Crippen MR) is 82.0 cm³/mol. The lowest BCUT2D eigenvalue weighted by molar-refractivity contribution is 0.621. The van der Waals surface area contributed by atoms with Crippen LogP contribution < -0.4 is 5.32 Å². The fourth-order valence-corrected chi connectivity index (χ4v) is 3.71. The molecule has 1 aliphatic carbocycles. The van der Waals surface area contributed by atoms with Crippen molar-refractivity contribution in [3.63, 3.8) is 0 Å². The van der Waals surface area contributed by atoms with E-state index in [9.17, 15) is 0 Å². The molecule has 2 aromatic rings. The van der Waals surface area contributed by atoms with Gasteiger partial charge in [-0.25, -0.2) is 0 Å². The Labute approximate surface area is 115 Å². The number of benzene rings is 1. The number of likely N-dealkylation sites (N-methyl/N-ethyl adjacent to an activating group) is 1. The molecule has 1 heterocycles. The summed E-state index contributed by atoms with van der Waals surface area (Å²) in [7, 11) is 4.28. The van der Waals surface area contributed by atoms with Crippen LogP contribution in [0.15, 0.2) is 12.1 Å². The standard InChI is InChI=1S/C17H24N2/c1-11-6-7-12(2)16-14(11)15(13(3)19(16)5)17(8-9-17)10-18-4/h6-7,18H,8-10H2,1-5H3. The quantitative estimate of drug-likeness (QED) is 0.891. The Hall–Kier alpha value is -1.28. The minimum Gasteiger partial charge on any atom is -0.347 e. The van der Waals surface area contributed by atoms with Crippen molar-refractivity contribution in [2.75, 3.05) is 13.6 Å². The van der Waals surface area contributed by atoms with Gasteiger partial charge in [0.15, 0.2) is 0 Å². The van der Waals surface area contributed by atoms with E-state index in [2.05, 4.69) is 56.9 Å². The Morgan fingerprint density at radius 2 is 1.79 bits per heavy atom. The first-order chi connectivity index (χ1) is 9.02. The van der Waals surface area contributed by atoms with Gasteiger partial charge in [-0.15, -0.1) is 0 Å².